The van der Waals surface area contributed by atoms with E-state index in [9.17, 15) is 4.79 Å². The summed E-state index contributed by atoms with van der Waals surface area (Å²) in [5, 5.41) is 0. The lowest BCUT2D eigenvalue weighted by atomic mass is 10.1. The van der Waals surface area contributed by atoms with Crippen molar-refractivity contribution < 1.29 is 4.79 Å². The molecule has 0 atom stereocenters. The Morgan fingerprint density at radius 1 is 1.26 bits per heavy atom. The second-order valence-corrected chi connectivity index (χ2v) is 5.43. The van der Waals surface area contributed by atoms with E-state index in [4.69, 9.17) is 5.73 Å². The predicted octanol–water partition coefficient (Wildman–Crippen LogP) is 3.62. The summed E-state index contributed by atoms with van der Waals surface area (Å²) in [6, 6.07) is 5.78. The molecular weight excluding hydrogens is 236 g/mol. The van der Waals surface area contributed by atoms with Gasteiger partial charge in [-0.1, -0.05) is 19.8 Å². The molecule has 0 radical (unpaired) electrons. The van der Waals surface area contributed by atoms with Crippen molar-refractivity contribution in [2.45, 2.75) is 53.0 Å². The van der Waals surface area contributed by atoms with Gasteiger partial charge in [0.1, 0.15) is 0 Å². The summed E-state index contributed by atoms with van der Waals surface area (Å²) < 4.78 is 0. The van der Waals surface area contributed by atoms with E-state index in [0.717, 1.165) is 31.4 Å². The van der Waals surface area contributed by atoms with E-state index >= 15 is 0 Å². The van der Waals surface area contributed by atoms with Gasteiger partial charge in [-0.15, -0.1) is 0 Å². The molecule has 0 aliphatic heterocycles. The smallest absolute Gasteiger partial charge is 0.254 e. The average Bonchev–Trinajstić information content (AvgIpc) is 2.32. The van der Waals surface area contributed by atoms with Crippen LogP contribution in [0.4, 0.5) is 5.69 Å². The van der Waals surface area contributed by atoms with Crippen LogP contribution in [0.5, 0.6) is 0 Å². The van der Waals surface area contributed by atoms with Crippen molar-refractivity contribution in [1.82, 2.24) is 4.90 Å². The zero-order chi connectivity index (χ0) is 14.4. The van der Waals surface area contributed by atoms with Crippen molar-refractivity contribution in [3.05, 3.63) is 29.3 Å². The minimum absolute atomic E-state index is 0.0847. The number of hydrogen-bond acceptors (Lipinski definition) is 2. The molecule has 3 nitrogen and oxygen atoms in total. The van der Waals surface area contributed by atoms with Crippen LogP contribution in [0, 0.1) is 6.92 Å². The first-order chi connectivity index (χ1) is 8.95. The molecule has 0 fully saturated rings. The minimum atomic E-state index is 0.0847. The zero-order valence-corrected chi connectivity index (χ0v) is 12.6. The summed E-state index contributed by atoms with van der Waals surface area (Å²) in [5.74, 6) is 0.0847. The quantitative estimate of drug-likeness (QED) is 0.628. The standard InChI is InChI=1S/C16H26N2O/c1-5-6-7-8-18(12(2)3)16(19)14-9-13(4)10-15(17)11-14/h9-12H,5-8,17H2,1-4H3. The second kappa shape index (κ2) is 7.17. The van der Waals surface area contributed by atoms with E-state index in [-0.39, 0.29) is 11.9 Å². The number of benzene rings is 1. The van der Waals surface area contributed by atoms with Gasteiger partial charge in [-0.05, 0) is 51.0 Å². The molecular formula is C16H26N2O. The van der Waals surface area contributed by atoms with Crippen LogP contribution >= 0.6 is 0 Å². The van der Waals surface area contributed by atoms with Crippen molar-refractivity contribution in [3.63, 3.8) is 0 Å². The van der Waals surface area contributed by atoms with Gasteiger partial charge in [-0.2, -0.15) is 0 Å². The third-order valence-corrected chi connectivity index (χ3v) is 3.23. The Bertz CT molecular complexity index is 407. The average molecular weight is 262 g/mol. The van der Waals surface area contributed by atoms with Crippen LogP contribution in [0.2, 0.25) is 0 Å². The SMILES string of the molecule is CCCCCN(C(=O)c1cc(C)cc(N)c1)C(C)C. The highest BCUT2D eigenvalue weighted by Crippen LogP contribution is 2.15. The molecule has 0 saturated carbocycles. The summed E-state index contributed by atoms with van der Waals surface area (Å²) in [6.07, 6.45) is 3.38. The number of amides is 1. The molecule has 0 aliphatic rings. The molecule has 0 unspecified atom stereocenters. The van der Waals surface area contributed by atoms with Crippen LogP contribution in [0.25, 0.3) is 0 Å². The third kappa shape index (κ3) is 4.58. The van der Waals surface area contributed by atoms with E-state index in [1.54, 1.807) is 6.07 Å². The van der Waals surface area contributed by atoms with Crippen LogP contribution in [0.15, 0.2) is 18.2 Å². The normalized spacial score (nSPS) is 10.8. The van der Waals surface area contributed by atoms with Crippen LogP contribution in [0.1, 0.15) is 56.0 Å². The van der Waals surface area contributed by atoms with Gasteiger partial charge in [-0.3, -0.25) is 4.79 Å². The highest BCUT2D eigenvalue weighted by atomic mass is 16.2. The van der Waals surface area contributed by atoms with Gasteiger partial charge < -0.3 is 10.6 Å². The summed E-state index contributed by atoms with van der Waals surface area (Å²) in [5.41, 5.74) is 8.20. The monoisotopic (exact) mass is 262 g/mol. The highest BCUT2D eigenvalue weighted by molar-refractivity contribution is 5.95. The molecule has 0 spiro atoms. The molecule has 3 heteroatoms. The molecule has 106 valence electrons. The molecule has 0 aromatic heterocycles. The van der Waals surface area contributed by atoms with Gasteiger partial charge in [0, 0.05) is 23.8 Å². The largest absolute Gasteiger partial charge is 0.399 e. The van der Waals surface area contributed by atoms with Gasteiger partial charge in [0.25, 0.3) is 5.91 Å². The maximum atomic E-state index is 12.6. The number of carbonyl (C=O) groups excluding carboxylic acids is 1. The lowest BCUT2D eigenvalue weighted by Crippen LogP contribution is -2.37. The molecule has 1 amide bonds. The van der Waals surface area contributed by atoms with Crippen LogP contribution in [-0.4, -0.2) is 23.4 Å². The molecule has 19 heavy (non-hydrogen) atoms. The summed E-state index contributed by atoms with van der Waals surface area (Å²) in [4.78, 5) is 14.5. The van der Waals surface area contributed by atoms with E-state index < -0.39 is 0 Å². The minimum Gasteiger partial charge on any atom is -0.399 e. The van der Waals surface area contributed by atoms with Gasteiger partial charge in [0.15, 0.2) is 0 Å². The van der Waals surface area contributed by atoms with E-state index in [1.165, 1.54) is 0 Å². The third-order valence-electron chi connectivity index (χ3n) is 3.23. The lowest BCUT2D eigenvalue weighted by Gasteiger charge is -2.27. The number of rotatable bonds is 6. The zero-order valence-electron chi connectivity index (χ0n) is 12.6. The van der Waals surface area contributed by atoms with Gasteiger partial charge in [-0.25, -0.2) is 0 Å². The van der Waals surface area contributed by atoms with Crippen LogP contribution in [0.3, 0.4) is 0 Å². The number of anilines is 1. The van der Waals surface area contributed by atoms with Crippen LogP contribution in [-0.2, 0) is 0 Å². The molecule has 1 aromatic carbocycles. The molecule has 1 rings (SSSR count). The lowest BCUT2D eigenvalue weighted by molar-refractivity contribution is 0.0702. The van der Waals surface area contributed by atoms with Gasteiger partial charge in [0.05, 0.1) is 0 Å². The van der Waals surface area contributed by atoms with Crippen molar-refractivity contribution in [1.29, 1.82) is 0 Å². The fraction of sp³-hybridized carbons (Fsp3) is 0.562. The first-order valence-electron chi connectivity index (χ1n) is 7.13. The number of nitrogens with zero attached hydrogens (tertiary/aromatic N) is 1. The Morgan fingerprint density at radius 2 is 1.95 bits per heavy atom. The van der Waals surface area contributed by atoms with E-state index in [0.29, 0.717) is 11.3 Å². The Balaban J connectivity index is 2.86. The van der Waals surface area contributed by atoms with Crippen LogP contribution < -0.4 is 5.73 Å². The first kappa shape index (κ1) is 15.5. The summed E-state index contributed by atoms with van der Waals surface area (Å²) >= 11 is 0. The Kier molecular flexibility index (Phi) is 5.87. The van der Waals surface area contributed by atoms with Crippen molar-refractivity contribution >= 4 is 11.6 Å². The number of nitrogen functional groups attached to an aromatic ring is 1. The van der Waals surface area contributed by atoms with E-state index in [2.05, 4.69) is 20.8 Å². The predicted molar refractivity (Wildman–Crippen MR) is 81.3 cm³/mol. The van der Waals surface area contributed by atoms with Crippen molar-refractivity contribution in [3.8, 4) is 0 Å². The molecule has 2 N–H and O–H groups in total. The molecule has 0 bridgehead atoms. The van der Waals surface area contributed by atoms with Crippen molar-refractivity contribution in [2.75, 3.05) is 12.3 Å². The Labute approximate surface area is 116 Å². The molecule has 0 aliphatic carbocycles. The Morgan fingerprint density at radius 3 is 2.47 bits per heavy atom. The van der Waals surface area contributed by atoms with E-state index in [1.807, 2.05) is 24.0 Å². The molecule has 0 heterocycles. The Hall–Kier alpha value is -1.51. The van der Waals surface area contributed by atoms with Gasteiger partial charge >= 0.3 is 0 Å². The topological polar surface area (TPSA) is 46.3 Å². The maximum Gasteiger partial charge on any atom is 0.254 e. The maximum absolute atomic E-state index is 12.6. The molecule has 1 aromatic rings. The van der Waals surface area contributed by atoms with Crippen molar-refractivity contribution in [2.24, 2.45) is 0 Å². The summed E-state index contributed by atoms with van der Waals surface area (Å²) in [6.45, 7) is 9.07. The fourth-order valence-electron chi connectivity index (χ4n) is 2.23. The number of hydrogen-bond donors (Lipinski definition) is 1. The molecule has 0 saturated heterocycles. The number of unbranched alkanes of at least 4 members (excludes halogenated alkanes) is 2. The highest BCUT2D eigenvalue weighted by Gasteiger charge is 2.18. The second-order valence-electron chi connectivity index (χ2n) is 5.43. The van der Waals surface area contributed by atoms with Gasteiger partial charge in [0.2, 0.25) is 0 Å². The number of nitrogens with two attached hydrogens (primary N) is 1. The first-order valence-corrected chi connectivity index (χ1v) is 7.13. The number of aryl methyl sites for hydroxylation is 1. The number of carbonyl (C=O) groups is 1. The summed E-state index contributed by atoms with van der Waals surface area (Å²) in [7, 11) is 0. The fourth-order valence-corrected chi connectivity index (χ4v) is 2.23.